The summed E-state index contributed by atoms with van der Waals surface area (Å²) in [6.45, 7) is 0. The quantitative estimate of drug-likeness (QED) is 0.153. The molecule has 414 valence electrons. The summed E-state index contributed by atoms with van der Waals surface area (Å²) in [5.41, 5.74) is -9.89. The zero-order valence-electron chi connectivity index (χ0n) is 40.9. The van der Waals surface area contributed by atoms with Gasteiger partial charge < -0.3 is 9.13 Å². The minimum atomic E-state index is -5.28. The number of halogens is 18. The van der Waals surface area contributed by atoms with E-state index in [1.807, 2.05) is 6.07 Å². The van der Waals surface area contributed by atoms with Gasteiger partial charge >= 0.3 is 37.1 Å². The third-order valence-electron chi connectivity index (χ3n) is 14.0. The van der Waals surface area contributed by atoms with Crippen LogP contribution in [0.3, 0.4) is 0 Å². The van der Waals surface area contributed by atoms with Gasteiger partial charge in [0.2, 0.25) is 0 Å². The van der Waals surface area contributed by atoms with Crippen molar-refractivity contribution in [1.29, 1.82) is 5.26 Å². The molecule has 0 N–H and O–H groups in total. The average Bonchev–Trinajstić information content (AvgIpc) is 2.95. The van der Waals surface area contributed by atoms with Crippen molar-refractivity contribution in [3.63, 3.8) is 0 Å². The van der Waals surface area contributed by atoms with Gasteiger partial charge in [0.05, 0.1) is 78.5 Å². The number of fused-ring (bicyclic) bond motifs is 6. The molecule has 21 heteroatoms. The third kappa shape index (κ3) is 9.89. The highest BCUT2D eigenvalue weighted by molar-refractivity contribution is 6.13. The smallest absolute Gasteiger partial charge is 0.309 e. The van der Waals surface area contributed by atoms with Crippen molar-refractivity contribution in [2.24, 2.45) is 0 Å². The maximum Gasteiger partial charge on any atom is 0.416 e. The maximum absolute atomic E-state index is 14.4. The average molecular weight is 1150 g/mol. The van der Waals surface area contributed by atoms with Crippen molar-refractivity contribution in [3.8, 4) is 62.0 Å². The maximum atomic E-state index is 14.4. The van der Waals surface area contributed by atoms with E-state index in [0.29, 0.717) is 58.2 Å². The van der Waals surface area contributed by atoms with Gasteiger partial charge in [-0.3, -0.25) is 0 Å². The fraction of sp³-hybridized carbons (Fsp3) is 0.0984. The fourth-order valence-electron chi connectivity index (χ4n) is 10.3. The van der Waals surface area contributed by atoms with Crippen molar-refractivity contribution in [1.82, 2.24) is 9.13 Å². The van der Waals surface area contributed by atoms with Gasteiger partial charge in [0.25, 0.3) is 0 Å². The van der Waals surface area contributed by atoms with Crippen molar-refractivity contribution in [2.75, 3.05) is 0 Å². The summed E-state index contributed by atoms with van der Waals surface area (Å²) in [5, 5.41) is 11.8. The fourth-order valence-corrected chi connectivity index (χ4v) is 10.3. The molecule has 0 spiro atoms. The van der Waals surface area contributed by atoms with Crippen LogP contribution in [0, 0.1) is 11.3 Å². The van der Waals surface area contributed by atoms with Gasteiger partial charge in [0, 0.05) is 32.7 Å². The molecule has 82 heavy (non-hydrogen) atoms. The standard InChI is InChI=1S/C61H29F18N3/c62-56(63,64)38-18-35(19-39(27-38)57(65,66)67)32-10-14-53-47(24-32)44-5-1-3-7-50(44)81(53)52-13-9-31(30-80)17-46(52)49-26-34(37-22-42(60(74,75)76)29-43(23-37)61(77,78)79)12-16-55(49)82-51-8-4-2-6-45(51)48-25-33(11-15-54(48)82)36-20-40(58(68,69)70)28-41(21-36)59(71,72)73/h1-29H. The zero-order valence-corrected chi connectivity index (χ0v) is 40.9. The number of rotatable bonds is 6. The Morgan fingerprint density at radius 2 is 0.561 bits per heavy atom. The SMILES string of the molecule is N#Cc1ccc(-n2c3ccccc3c3cc(-c4cc(C(F)(F)F)cc(C(F)(F)F)c4)ccc32)c(-c2cc(-c3cc(C(F)(F)F)cc(C(F)(F)F)c3)ccc2-n2c3ccccc3c3cc(-c4cc(C(F)(F)F)cc(C(F)(F)F)c4)ccc32)c1. The molecule has 0 unspecified atom stereocenters. The van der Waals surface area contributed by atoms with Gasteiger partial charge in [0.15, 0.2) is 0 Å². The van der Waals surface area contributed by atoms with Crippen LogP contribution in [0.15, 0.2) is 176 Å². The van der Waals surface area contributed by atoms with Gasteiger partial charge in [-0.05, 0) is 155 Å². The lowest BCUT2D eigenvalue weighted by Gasteiger charge is -2.21. The first kappa shape index (κ1) is 54.8. The minimum Gasteiger partial charge on any atom is -0.309 e. The molecule has 11 rings (SSSR count). The predicted octanol–water partition coefficient (Wildman–Crippen LogP) is 20.5. The Morgan fingerprint density at radius 3 is 0.902 bits per heavy atom. The largest absolute Gasteiger partial charge is 0.416 e. The molecule has 0 saturated heterocycles. The molecule has 0 amide bonds. The number of hydrogen-bond donors (Lipinski definition) is 0. The molecule has 3 nitrogen and oxygen atoms in total. The van der Waals surface area contributed by atoms with Crippen molar-refractivity contribution < 1.29 is 79.0 Å². The van der Waals surface area contributed by atoms with E-state index in [1.165, 1.54) is 72.8 Å². The van der Waals surface area contributed by atoms with Gasteiger partial charge in [-0.1, -0.05) is 54.6 Å². The summed E-state index contributed by atoms with van der Waals surface area (Å²) in [6.07, 6.45) is -31.3. The second kappa shape index (κ2) is 19.0. The van der Waals surface area contributed by atoms with Crippen LogP contribution in [0.4, 0.5) is 79.0 Å². The van der Waals surface area contributed by atoms with Gasteiger partial charge in [-0.2, -0.15) is 84.3 Å². The summed E-state index contributed by atoms with van der Waals surface area (Å²) >= 11 is 0. The first-order valence-corrected chi connectivity index (χ1v) is 24.0. The summed E-state index contributed by atoms with van der Waals surface area (Å²) in [7, 11) is 0. The summed E-state index contributed by atoms with van der Waals surface area (Å²) in [6, 6.07) is 34.2. The van der Waals surface area contributed by atoms with E-state index in [2.05, 4.69) is 0 Å². The Morgan fingerprint density at radius 1 is 0.268 bits per heavy atom. The third-order valence-corrected chi connectivity index (χ3v) is 14.0. The molecule has 9 aromatic carbocycles. The minimum absolute atomic E-state index is 0.0147. The molecule has 11 aromatic rings. The second-order valence-electron chi connectivity index (χ2n) is 19.1. The molecule has 0 aliphatic heterocycles. The lowest BCUT2D eigenvalue weighted by Crippen LogP contribution is -2.11. The second-order valence-corrected chi connectivity index (χ2v) is 19.1. The molecule has 0 aliphatic rings. The van der Waals surface area contributed by atoms with Crippen LogP contribution in [0.25, 0.3) is 99.5 Å². The van der Waals surface area contributed by atoms with Crippen molar-refractivity contribution in [3.05, 3.63) is 215 Å². The molecule has 2 aromatic heterocycles. The molecule has 0 aliphatic carbocycles. The van der Waals surface area contributed by atoms with E-state index >= 15 is 0 Å². The number of aromatic nitrogens is 2. The first-order chi connectivity index (χ1) is 38.4. The van der Waals surface area contributed by atoms with Gasteiger partial charge in [0.1, 0.15) is 0 Å². The molecule has 0 bridgehead atoms. The Kier molecular flexibility index (Phi) is 12.7. The van der Waals surface area contributed by atoms with E-state index in [1.54, 1.807) is 57.7 Å². The van der Waals surface area contributed by atoms with Crippen LogP contribution >= 0.6 is 0 Å². The van der Waals surface area contributed by atoms with E-state index in [4.69, 9.17) is 0 Å². The normalized spacial score (nSPS) is 13.0. The molecule has 0 saturated carbocycles. The van der Waals surface area contributed by atoms with Gasteiger partial charge in [-0.25, -0.2) is 0 Å². The van der Waals surface area contributed by atoms with Crippen LogP contribution < -0.4 is 0 Å². The Hall–Kier alpha value is -9.19. The number of nitriles is 1. The monoisotopic (exact) mass is 1150 g/mol. The Labute approximate surface area is 449 Å². The molecular weight excluding hydrogens is 1120 g/mol. The van der Waals surface area contributed by atoms with Crippen molar-refractivity contribution in [2.45, 2.75) is 37.1 Å². The van der Waals surface area contributed by atoms with Gasteiger partial charge in [-0.15, -0.1) is 0 Å². The number of alkyl halides is 18. The van der Waals surface area contributed by atoms with E-state index in [-0.39, 0.29) is 84.8 Å². The highest BCUT2D eigenvalue weighted by Gasteiger charge is 2.40. The summed E-state index contributed by atoms with van der Waals surface area (Å²) in [5.74, 6) is 0. The number of nitrogens with zero attached hydrogens (tertiary/aromatic N) is 3. The van der Waals surface area contributed by atoms with Crippen LogP contribution in [0.1, 0.15) is 38.9 Å². The number of hydrogen-bond acceptors (Lipinski definition) is 1. The summed E-state index contributed by atoms with van der Waals surface area (Å²) < 4.78 is 259. The summed E-state index contributed by atoms with van der Waals surface area (Å²) in [4.78, 5) is 0. The first-order valence-electron chi connectivity index (χ1n) is 24.0. The topological polar surface area (TPSA) is 33.6 Å². The van der Waals surface area contributed by atoms with E-state index in [9.17, 15) is 84.3 Å². The van der Waals surface area contributed by atoms with Crippen molar-refractivity contribution >= 4 is 43.6 Å². The van der Waals surface area contributed by atoms with Crippen LogP contribution in [0.2, 0.25) is 0 Å². The highest BCUT2D eigenvalue weighted by Crippen LogP contribution is 2.47. The molecule has 0 atom stereocenters. The Balaban J connectivity index is 1.21. The molecule has 2 heterocycles. The lowest BCUT2D eigenvalue weighted by atomic mass is 9.93. The molecule has 0 radical (unpaired) electrons. The number of benzene rings is 9. The predicted molar refractivity (Wildman–Crippen MR) is 272 cm³/mol. The van der Waals surface area contributed by atoms with Crippen LogP contribution in [-0.4, -0.2) is 9.13 Å². The zero-order chi connectivity index (χ0) is 58.8. The van der Waals surface area contributed by atoms with E-state index in [0.717, 1.165) is 0 Å². The highest BCUT2D eigenvalue weighted by atomic mass is 19.4. The lowest BCUT2D eigenvalue weighted by molar-refractivity contribution is -0.144. The molecule has 0 fully saturated rings. The Bertz CT molecular complexity index is 4340. The van der Waals surface area contributed by atoms with E-state index < -0.39 is 87.1 Å². The van der Waals surface area contributed by atoms with Crippen LogP contribution in [0.5, 0.6) is 0 Å². The van der Waals surface area contributed by atoms with Crippen LogP contribution in [-0.2, 0) is 37.1 Å². The number of para-hydroxylation sites is 2. The molecular formula is C61H29F18N3.